The number of β-lactam (4-membered cyclic amide) rings is 1. The van der Waals surface area contributed by atoms with Crippen LogP contribution in [0, 0.1) is 16.0 Å². The molecule has 2 aliphatic rings. The van der Waals surface area contributed by atoms with Crippen LogP contribution in [0.4, 0.5) is 5.69 Å². The summed E-state index contributed by atoms with van der Waals surface area (Å²) in [4.78, 5) is 38.5. The van der Waals surface area contributed by atoms with E-state index in [-0.39, 0.29) is 36.5 Å². The maximum Gasteiger partial charge on any atom is 0.512 e. The third kappa shape index (κ3) is 7.13. The van der Waals surface area contributed by atoms with Gasteiger partial charge in [-0.3, -0.25) is 14.9 Å². The van der Waals surface area contributed by atoms with Crippen molar-refractivity contribution in [2.24, 2.45) is 5.92 Å². The number of nitrogens with zero attached hydrogens (tertiary/aromatic N) is 2. The van der Waals surface area contributed by atoms with Crippen LogP contribution in [0.3, 0.4) is 0 Å². The minimum atomic E-state index is -3.87. The van der Waals surface area contributed by atoms with Gasteiger partial charge in [0.2, 0.25) is 5.91 Å². The summed E-state index contributed by atoms with van der Waals surface area (Å²) in [5.74, 6) is -0.668. The number of fused-ring (bicyclic) bond motifs is 1. The maximum atomic E-state index is 13.7. The Morgan fingerprint density at radius 2 is 1.66 bits per heavy atom. The Morgan fingerprint density at radius 1 is 1.07 bits per heavy atom. The normalized spacial score (nSPS) is 18.3. The van der Waals surface area contributed by atoms with Gasteiger partial charge < -0.3 is 23.8 Å². The molecule has 1 fully saturated rings. The van der Waals surface area contributed by atoms with E-state index in [1.807, 2.05) is 0 Å². The third-order valence-electron chi connectivity index (χ3n) is 7.02. The van der Waals surface area contributed by atoms with Crippen LogP contribution in [0.2, 0.25) is 0 Å². The zero-order valence-electron chi connectivity index (χ0n) is 23.6. The number of rotatable bonds is 14. The lowest BCUT2D eigenvalue weighted by atomic mass is 9.83. The fraction of sp³-hybridized carbons (Fsp3) is 0.267. The highest BCUT2D eigenvalue weighted by Gasteiger charge is 2.57. The Kier molecular flexibility index (Phi) is 9.70. The molecule has 2 heterocycles. The monoisotopic (exact) mass is 639 g/mol. The van der Waals surface area contributed by atoms with Crippen molar-refractivity contribution in [2.45, 2.75) is 32.1 Å². The number of benzene rings is 3. The standard InChI is InChI=1S/C30H30N3O9PS/c1-20(34)27-25-18-26(28(32(25)29(27)35)30(36)40-19-21-12-14-22(15-13-21)33(37)38)44-17-16-31-43(39,41-23-8-4-2-5-9-23)42-24-10-6-3-7-11-24/h2-15,20,25,27,34H,16-19H2,1H3,(H,31,39)/t20-,25-,27-/m1/s1. The number of aliphatic hydroxyl groups excluding tert-OH is 1. The molecule has 0 saturated carbocycles. The number of thioether (sulfide) groups is 1. The summed E-state index contributed by atoms with van der Waals surface area (Å²) in [6.45, 7) is 1.55. The van der Waals surface area contributed by atoms with Crippen molar-refractivity contribution in [1.82, 2.24) is 9.99 Å². The van der Waals surface area contributed by atoms with E-state index in [1.165, 1.54) is 40.9 Å². The number of nitro groups is 1. The molecule has 0 aromatic heterocycles. The van der Waals surface area contributed by atoms with Crippen molar-refractivity contribution in [2.75, 3.05) is 12.3 Å². The summed E-state index contributed by atoms with van der Waals surface area (Å²) in [6, 6.07) is 22.5. The fourth-order valence-electron chi connectivity index (χ4n) is 4.96. The molecular weight excluding hydrogens is 609 g/mol. The number of hydrogen-bond donors (Lipinski definition) is 2. The summed E-state index contributed by atoms with van der Waals surface area (Å²) in [5, 5.41) is 23.9. The molecule has 1 amide bonds. The second kappa shape index (κ2) is 13.6. The quantitative estimate of drug-likeness (QED) is 0.0607. The highest BCUT2D eigenvalue weighted by molar-refractivity contribution is 8.03. The van der Waals surface area contributed by atoms with Crippen LogP contribution in [0.15, 0.2) is 95.5 Å². The van der Waals surface area contributed by atoms with E-state index in [0.717, 1.165) is 0 Å². The smallest absolute Gasteiger partial charge is 0.456 e. The molecule has 5 rings (SSSR count). The Bertz CT molecular complexity index is 1540. The summed E-state index contributed by atoms with van der Waals surface area (Å²) < 4.78 is 30.7. The zero-order valence-corrected chi connectivity index (χ0v) is 25.3. The average molecular weight is 640 g/mol. The van der Waals surface area contributed by atoms with Gasteiger partial charge in [-0.2, -0.15) is 0 Å². The molecule has 2 aliphatic heterocycles. The van der Waals surface area contributed by atoms with E-state index < -0.39 is 30.7 Å². The fourth-order valence-corrected chi connectivity index (χ4v) is 7.52. The summed E-state index contributed by atoms with van der Waals surface area (Å²) in [5.41, 5.74) is 0.562. The molecule has 2 N–H and O–H groups in total. The van der Waals surface area contributed by atoms with Gasteiger partial charge in [0.25, 0.3) is 5.69 Å². The van der Waals surface area contributed by atoms with Gasteiger partial charge in [-0.05, 0) is 48.9 Å². The number of carbonyl (C=O) groups is 2. The maximum absolute atomic E-state index is 13.7. The molecule has 0 unspecified atom stereocenters. The number of non-ortho nitro benzene ring substituents is 1. The molecule has 0 spiro atoms. The van der Waals surface area contributed by atoms with Crippen molar-refractivity contribution in [3.63, 3.8) is 0 Å². The molecule has 0 bridgehead atoms. The molecule has 14 heteroatoms. The lowest BCUT2D eigenvalue weighted by molar-refractivity contribution is -0.384. The van der Waals surface area contributed by atoms with E-state index in [4.69, 9.17) is 13.8 Å². The van der Waals surface area contributed by atoms with Crippen LogP contribution in [0.5, 0.6) is 11.5 Å². The molecular formula is C30H30N3O9PS. The highest BCUT2D eigenvalue weighted by Crippen LogP contribution is 2.48. The number of nitro benzene ring substituents is 1. The van der Waals surface area contributed by atoms with Gasteiger partial charge >= 0.3 is 13.7 Å². The van der Waals surface area contributed by atoms with Gasteiger partial charge in [-0.15, -0.1) is 11.8 Å². The molecule has 0 aliphatic carbocycles. The van der Waals surface area contributed by atoms with Crippen LogP contribution < -0.4 is 14.1 Å². The van der Waals surface area contributed by atoms with Gasteiger partial charge in [-0.1, -0.05) is 36.4 Å². The summed E-state index contributed by atoms with van der Waals surface area (Å²) in [6.07, 6.45) is -0.532. The molecule has 1 saturated heterocycles. The highest BCUT2D eigenvalue weighted by atomic mass is 32.2. The van der Waals surface area contributed by atoms with E-state index in [9.17, 15) is 29.4 Å². The van der Waals surface area contributed by atoms with Crippen molar-refractivity contribution in [3.05, 3.63) is 111 Å². The van der Waals surface area contributed by atoms with Crippen LogP contribution >= 0.6 is 19.5 Å². The van der Waals surface area contributed by atoms with Crippen LogP contribution in [0.1, 0.15) is 18.9 Å². The van der Waals surface area contributed by atoms with Gasteiger partial charge in [0.05, 0.1) is 23.0 Å². The van der Waals surface area contributed by atoms with Crippen molar-refractivity contribution < 1.29 is 38.0 Å². The van der Waals surface area contributed by atoms with E-state index >= 15 is 0 Å². The first-order valence-electron chi connectivity index (χ1n) is 13.8. The lowest BCUT2D eigenvalue weighted by Crippen LogP contribution is -2.61. The van der Waals surface area contributed by atoms with Gasteiger partial charge in [0, 0.05) is 35.8 Å². The van der Waals surface area contributed by atoms with Crippen molar-refractivity contribution >= 4 is 37.1 Å². The predicted molar refractivity (Wildman–Crippen MR) is 163 cm³/mol. The molecule has 3 aromatic carbocycles. The first-order chi connectivity index (χ1) is 21.1. The molecule has 44 heavy (non-hydrogen) atoms. The van der Waals surface area contributed by atoms with Crippen LogP contribution in [-0.4, -0.2) is 51.2 Å². The molecule has 12 nitrogen and oxygen atoms in total. The van der Waals surface area contributed by atoms with Crippen LogP contribution in [-0.2, 0) is 25.5 Å². The average Bonchev–Trinajstić information content (AvgIpc) is 3.33. The van der Waals surface area contributed by atoms with Gasteiger partial charge in [-0.25, -0.2) is 14.4 Å². The number of ether oxygens (including phenoxy) is 1. The van der Waals surface area contributed by atoms with Gasteiger partial charge in [0.1, 0.15) is 23.8 Å². The van der Waals surface area contributed by atoms with Crippen LogP contribution in [0.25, 0.3) is 0 Å². The SMILES string of the molecule is C[C@@H](O)[C@H]1C(=O)N2C(C(=O)OCc3ccc([N+](=O)[O-])cc3)=C(SCCNP(=O)(Oc3ccccc3)Oc3ccccc3)C[C@H]12. The number of amides is 1. The van der Waals surface area contributed by atoms with Gasteiger partial charge in [0.15, 0.2) is 0 Å². The van der Waals surface area contributed by atoms with Crippen molar-refractivity contribution in [1.29, 1.82) is 0 Å². The number of hydrogen-bond acceptors (Lipinski definition) is 10. The number of aliphatic hydroxyl groups is 1. The minimum Gasteiger partial charge on any atom is -0.456 e. The Morgan fingerprint density at radius 3 is 2.20 bits per heavy atom. The second-order valence-electron chi connectivity index (χ2n) is 10.1. The number of carbonyl (C=O) groups excluding carboxylic acids is 2. The topological polar surface area (TPSA) is 158 Å². The number of para-hydroxylation sites is 2. The van der Waals surface area contributed by atoms with E-state index in [1.54, 1.807) is 67.6 Å². The first kappa shape index (κ1) is 31.3. The largest absolute Gasteiger partial charge is 0.512 e. The first-order valence-corrected chi connectivity index (χ1v) is 16.3. The Hall–Kier alpha value is -4.16. The minimum absolute atomic E-state index is 0.0862. The second-order valence-corrected chi connectivity index (χ2v) is 12.9. The van der Waals surface area contributed by atoms with Crippen molar-refractivity contribution in [3.8, 4) is 11.5 Å². The van der Waals surface area contributed by atoms with E-state index in [2.05, 4.69) is 5.09 Å². The Balaban J connectivity index is 1.27. The molecule has 230 valence electrons. The Labute approximate surface area is 257 Å². The predicted octanol–water partition coefficient (Wildman–Crippen LogP) is 5.05. The zero-order chi connectivity index (χ0) is 31.3. The third-order valence-corrected chi connectivity index (χ3v) is 9.65. The number of nitrogens with one attached hydrogen (secondary N) is 1. The lowest BCUT2D eigenvalue weighted by Gasteiger charge is -2.44. The number of esters is 1. The molecule has 0 radical (unpaired) electrons. The summed E-state index contributed by atoms with van der Waals surface area (Å²) in [7, 11) is -3.87. The molecule has 3 atom stereocenters. The summed E-state index contributed by atoms with van der Waals surface area (Å²) >= 11 is 1.30. The molecule has 3 aromatic rings. The van der Waals surface area contributed by atoms with E-state index in [0.29, 0.717) is 34.1 Å².